The van der Waals surface area contributed by atoms with Gasteiger partial charge in [-0.2, -0.15) is 13.3 Å². The Balaban J connectivity index is 3.33. The van der Waals surface area contributed by atoms with Gasteiger partial charge in [-0.25, -0.2) is 0 Å². The molecule has 0 nitrogen and oxygen atoms in total. The molecule has 0 aliphatic carbocycles. The van der Waals surface area contributed by atoms with Crippen molar-refractivity contribution in [3.8, 4) is 0 Å². The Hall–Kier alpha value is 0. The average molecular weight is 225 g/mol. The summed E-state index contributed by atoms with van der Waals surface area (Å²) >= 11 is 0. The fourth-order valence-electron chi connectivity index (χ4n) is 2.47. The van der Waals surface area contributed by atoms with Crippen LogP contribution in [0.25, 0.3) is 0 Å². The molecule has 0 spiro atoms. The maximum absolute atomic E-state index is 2.39. The molecule has 16 heavy (non-hydrogen) atoms. The summed E-state index contributed by atoms with van der Waals surface area (Å²) in [5.41, 5.74) is 0. The van der Waals surface area contributed by atoms with Gasteiger partial charge in [0.2, 0.25) is 0 Å². The third-order valence-electron chi connectivity index (χ3n) is 3.67. The molecule has 0 heteroatoms. The Kier molecular flexibility index (Phi) is 11.5. The molecule has 0 bridgehead atoms. The third-order valence-corrected chi connectivity index (χ3v) is 3.67. The minimum absolute atomic E-state index is 0.884. The van der Waals surface area contributed by atoms with E-state index in [1.165, 1.54) is 57.8 Å². The van der Waals surface area contributed by atoms with Crippen LogP contribution in [0.2, 0.25) is 0 Å². The Morgan fingerprint density at radius 1 is 0.875 bits per heavy atom. The summed E-state index contributed by atoms with van der Waals surface area (Å²) < 4.78 is 0. The van der Waals surface area contributed by atoms with E-state index in [4.69, 9.17) is 0 Å². The van der Waals surface area contributed by atoms with Crippen molar-refractivity contribution in [3.63, 3.8) is 0 Å². The van der Waals surface area contributed by atoms with Crippen LogP contribution in [0.15, 0.2) is 0 Å². The molecule has 1 unspecified atom stereocenters. The summed E-state index contributed by atoms with van der Waals surface area (Å²) in [6.07, 6.45) is 15.0. The predicted octanol–water partition coefficient (Wildman–Crippen LogP) is 6.01. The highest BCUT2D eigenvalue weighted by molar-refractivity contribution is 4.63. The van der Waals surface area contributed by atoms with Crippen LogP contribution >= 0.6 is 0 Å². The molecule has 0 aliphatic heterocycles. The van der Waals surface area contributed by atoms with Crippen molar-refractivity contribution in [3.05, 3.63) is 6.42 Å². The highest BCUT2D eigenvalue weighted by Gasteiger charge is 2.11. The minimum Gasteiger partial charge on any atom is -0.332 e. The van der Waals surface area contributed by atoms with Gasteiger partial charge in [0.25, 0.3) is 0 Å². The van der Waals surface area contributed by atoms with Crippen molar-refractivity contribution in [2.45, 2.75) is 85.5 Å². The van der Waals surface area contributed by atoms with E-state index in [0.29, 0.717) is 0 Å². The van der Waals surface area contributed by atoms with E-state index in [2.05, 4.69) is 34.1 Å². The van der Waals surface area contributed by atoms with Crippen LogP contribution in [0.1, 0.15) is 85.5 Å². The smallest absolute Gasteiger partial charge is 0.0391 e. The lowest BCUT2D eigenvalue weighted by Gasteiger charge is -2.19. The summed E-state index contributed by atoms with van der Waals surface area (Å²) in [5.74, 6) is 1.86. The second-order valence-electron chi connectivity index (χ2n) is 5.55. The lowest BCUT2D eigenvalue weighted by atomic mass is 9.86. The average Bonchev–Trinajstić information content (AvgIpc) is 2.26. The first-order chi connectivity index (χ1) is 7.72. The zero-order valence-corrected chi connectivity index (χ0v) is 12.1. The van der Waals surface area contributed by atoms with E-state index in [-0.39, 0.29) is 0 Å². The predicted molar refractivity (Wildman–Crippen MR) is 75.5 cm³/mol. The van der Waals surface area contributed by atoms with Crippen LogP contribution in [0.4, 0.5) is 0 Å². The summed E-state index contributed by atoms with van der Waals surface area (Å²) in [5, 5.41) is 0. The van der Waals surface area contributed by atoms with E-state index in [1.54, 1.807) is 0 Å². The Labute approximate surface area is 104 Å². The van der Waals surface area contributed by atoms with Crippen molar-refractivity contribution in [1.82, 2.24) is 0 Å². The molecule has 0 radical (unpaired) electrons. The van der Waals surface area contributed by atoms with Crippen LogP contribution < -0.4 is 0 Å². The molecule has 0 saturated carbocycles. The highest BCUT2D eigenvalue weighted by Crippen LogP contribution is 2.23. The lowest BCUT2D eigenvalue weighted by Crippen LogP contribution is -2.08. The third kappa shape index (κ3) is 9.24. The molecule has 0 aromatic heterocycles. The van der Waals surface area contributed by atoms with Gasteiger partial charge in [0.15, 0.2) is 0 Å². The second-order valence-corrected chi connectivity index (χ2v) is 5.55. The lowest BCUT2D eigenvalue weighted by molar-refractivity contribution is 0.321. The van der Waals surface area contributed by atoms with Gasteiger partial charge in [-0.15, -0.1) is 0 Å². The Bertz CT molecular complexity index is 126. The summed E-state index contributed by atoms with van der Waals surface area (Å²) in [6, 6.07) is 0. The van der Waals surface area contributed by atoms with E-state index in [1.807, 2.05) is 0 Å². The zero-order valence-electron chi connectivity index (χ0n) is 12.1. The molecule has 0 fully saturated rings. The Morgan fingerprint density at radius 3 is 2.06 bits per heavy atom. The molecule has 1 atom stereocenters. The van der Waals surface area contributed by atoms with Crippen molar-refractivity contribution >= 4 is 0 Å². The zero-order chi connectivity index (χ0) is 12.2. The molecule has 0 heterocycles. The van der Waals surface area contributed by atoms with Gasteiger partial charge in [0.1, 0.15) is 0 Å². The molecule has 0 saturated heterocycles. The van der Waals surface area contributed by atoms with Gasteiger partial charge >= 0.3 is 0 Å². The summed E-state index contributed by atoms with van der Waals surface area (Å²) in [6.45, 7) is 9.25. The molecule has 0 aromatic rings. The van der Waals surface area contributed by atoms with E-state index < -0.39 is 0 Å². The molecule has 0 N–H and O–H groups in total. The van der Waals surface area contributed by atoms with Gasteiger partial charge in [-0.3, -0.25) is 0 Å². The fourth-order valence-corrected chi connectivity index (χ4v) is 2.47. The molecule has 98 valence electrons. The molecule has 0 aromatic carbocycles. The molecular formula is C16H33-. The van der Waals surface area contributed by atoms with Gasteiger partial charge in [-0.05, 0) is 11.8 Å². The molecule has 0 rings (SSSR count). The highest BCUT2D eigenvalue weighted by atomic mass is 14.2. The van der Waals surface area contributed by atoms with Crippen LogP contribution in [0.3, 0.4) is 0 Å². The van der Waals surface area contributed by atoms with E-state index >= 15 is 0 Å². The first-order valence-corrected chi connectivity index (χ1v) is 7.50. The van der Waals surface area contributed by atoms with Gasteiger partial charge in [-0.1, -0.05) is 72.1 Å². The number of hydrogen-bond acceptors (Lipinski definition) is 0. The second kappa shape index (κ2) is 11.5. The topological polar surface area (TPSA) is 0 Å². The molecule has 0 amide bonds. The SMILES string of the molecule is C[CH-]CCCCCCCC(CCC)C(C)C. The summed E-state index contributed by atoms with van der Waals surface area (Å²) in [7, 11) is 0. The van der Waals surface area contributed by atoms with Crippen LogP contribution in [0.5, 0.6) is 0 Å². The van der Waals surface area contributed by atoms with Gasteiger partial charge in [0.05, 0.1) is 0 Å². The quantitative estimate of drug-likeness (QED) is 0.298. The maximum Gasteiger partial charge on any atom is -0.0391 e. The van der Waals surface area contributed by atoms with E-state index in [9.17, 15) is 0 Å². The minimum atomic E-state index is 0.884. The van der Waals surface area contributed by atoms with Crippen LogP contribution in [-0.4, -0.2) is 0 Å². The van der Waals surface area contributed by atoms with Gasteiger partial charge < -0.3 is 6.42 Å². The first-order valence-electron chi connectivity index (χ1n) is 7.50. The first kappa shape index (κ1) is 16.0. The van der Waals surface area contributed by atoms with Crippen molar-refractivity contribution in [2.75, 3.05) is 0 Å². The summed E-state index contributed by atoms with van der Waals surface area (Å²) in [4.78, 5) is 0. The Morgan fingerprint density at radius 2 is 1.50 bits per heavy atom. The van der Waals surface area contributed by atoms with Crippen LogP contribution in [-0.2, 0) is 0 Å². The number of hydrogen-bond donors (Lipinski definition) is 0. The largest absolute Gasteiger partial charge is 0.332 e. The van der Waals surface area contributed by atoms with E-state index in [0.717, 1.165) is 11.8 Å². The maximum atomic E-state index is 2.39. The van der Waals surface area contributed by atoms with Gasteiger partial charge in [0, 0.05) is 0 Å². The fraction of sp³-hybridized carbons (Fsp3) is 0.938. The van der Waals surface area contributed by atoms with Crippen molar-refractivity contribution < 1.29 is 0 Å². The molecule has 0 aliphatic rings. The number of unbranched alkanes of at least 4 members (excludes halogenated alkanes) is 6. The van der Waals surface area contributed by atoms with Crippen molar-refractivity contribution in [1.29, 1.82) is 0 Å². The van der Waals surface area contributed by atoms with Crippen LogP contribution in [0, 0.1) is 18.3 Å². The number of rotatable bonds is 11. The normalized spacial score (nSPS) is 13.3. The standard InChI is InChI=1S/C16H33/c1-5-7-8-9-10-11-12-14-16(13-6-2)15(3)4/h5,15-16H,6-14H2,1-4H3/q-1. The monoisotopic (exact) mass is 225 g/mol. The van der Waals surface area contributed by atoms with Crippen molar-refractivity contribution in [2.24, 2.45) is 11.8 Å². The molecular weight excluding hydrogens is 192 g/mol.